The number of aliphatic hydroxyl groups is 1. The fourth-order valence-electron chi connectivity index (χ4n) is 1.76. The summed E-state index contributed by atoms with van der Waals surface area (Å²) in [4.78, 5) is 2.10. The molecule has 0 heterocycles. The van der Waals surface area contributed by atoms with Gasteiger partial charge in [-0.2, -0.15) is 0 Å². The Labute approximate surface area is 120 Å². The van der Waals surface area contributed by atoms with Gasteiger partial charge in [-0.3, -0.25) is 0 Å². The first-order valence-electron chi connectivity index (χ1n) is 6.42. The Balaban J connectivity index is 2.22. The van der Waals surface area contributed by atoms with Gasteiger partial charge in [-0.25, -0.2) is 0 Å². The van der Waals surface area contributed by atoms with Gasteiger partial charge < -0.3 is 20.1 Å². The van der Waals surface area contributed by atoms with Crippen LogP contribution in [0.4, 0.5) is 0 Å². The number of rotatable bonds is 8. The minimum absolute atomic E-state index is 0.252. The van der Waals surface area contributed by atoms with Crippen molar-refractivity contribution in [1.82, 2.24) is 10.2 Å². The molecule has 108 valence electrons. The molecule has 1 aromatic rings. The minimum Gasteiger partial charge on any atom is -0.491 e. The summed E-state index contributed by atoms with van der Waals surface area (Å²) in [6.45, 7) is 3.78. The lowest BCUT2D eigenvalue weighted by Crippen LogP contribution is -2.41. The molecule has 5 heteroatoms. The summed E-state index contributed by atoms with van der Waals surface area (Å²) in [6, 6.07) is 7.49. The number of hydrogen-bond acceptors (Lipinski definition) is 4. The van der Waals surface area contributed by atoms with Crippen LogP contribution in [-0.4, -0.2) is 55.9 Å². The number of hydrogen-bond donors (Lipinski definition) is 2. The summed E-state index contributed by atoms with van der Waals surface area (Å²) >= 11 is 5.85. The molecule has 0 radical (unpaired) electrons. The molecule has 2 atom stereocenters. The lowest BCUT2D eigenvalue weighted by molar-refractivity contribution is 0.103. The zero-order valence-electron chi connectivity index (χ0n) is 11.8. The van der Waals surface area contributed by atoms with Crippen molar-refractivity contribution >= 4 is 11.6 Å². The largest absolute Gasteiger partial charge is 0.491 e. The number of nitrogens with one attached hydrogen (secondary N) is 1. The van der Waals surface area contributed by atoms with Crippen LogP contribution in [0.1, 0.15) is 6.92 Å². The number of aliphatic hydroxyl groups excluding tert-OH is 1. The van der Waals surface area contributed by atoms with E-state index in [0.717, 1.165) is 6.54 Å². The topological polar surface area (TPSA) is 44.7 Å². The summed E-state index contributed by atoms with van der Waals surface area (Å²) < 4.78 is 5.48. The van der Waals surface area contributed by atoms with Crippen LogP contribution in [0.2, 0.25) is 5.02 Å². The van der Waals surface area contributed by atoms with Crippen molar-refractivity contribution in [1.29, 1.82) is 0 Å². The van der Waals surface area contributed by atoms with E-state index in [1.807, 2.05) is 26.2 Å². The number of ether oxygens (including phenoxy) is 1. The van der Waals surface area contributed by atoms with E-state index in [9.17, 15) is 5.11 Å². The summed E-state index contributed by atoms with van der Waals surface area (Å²) in [6.07, 6.45) is -0.538. The fourth-order valence-corrected chi connectivity index (χ4v) is 1.94. The summed E-state index contributed by atoms with van der Waals surface area (Å²) in [7, 11) is 4.05. The summed E-state index contributed by atoms with van der Waals surface area (Å²) in [5.41, 5.74) is 0. The van der Waals surface area contributed by atoms with Gasteiger partial charge in [-0.1, -0.05) is 17.7 Å². The number of benzene rings is 1. The summed E-state index contributed by atoms with van der Waals surface area (Å²) in [5, 5.41) is 13.7. The lowest BCUT2D eigenvalue weighted by atomic mass is 10.3. The third-order valence-electron chi connectivity index (χ3n) is 2.58. The monoisotopic (exact) mass is 286 g/mol. The maximum atomic E-state index is 9.83. The predicted molar refractivity (Wildman–Crippen MR) is 79.0 cm³/mol. The van der Waals surface area contributed by atoms with Crippen LogP contribution in [0.25, 0.3) is 0 Å². The molecule has 2 unspecified atom stereocenters. The highest BCUT2D eigenvalue weighted by molar-refractivity contribution is 6.30. The average molecular weight is 287 g/mol. The van der Waals surface area contributed by atoms with E-state index >= 15 is 0 Å². The molecular formula is C14H23ClN2O2. The van der Waals surface area contributed by atoms with Crippen LogP contribution >= 0.6 is 11.6 Å². The first kappa shape index (κ1) is 16.2. The Morgan fingerprint density at radius 1 is 1.42 bits per heavy atom. The number of nitrogens with zero attached hydrogens (tertiary/aromatic N) is 1. The van der Waals surface area contributed by atoms with Crippen molar-refractivity contribution in [2.45, 2.75) is 19.1 Å². The number of likely N-dealkylation sites (N-methyl/N-ethyl adjacent to an activating group) is 1. The molecule has 1 aromatic carbocycles. The second-order valence-corrected chi connectivity index (χ2v) is 5.43. The van der Waals surface area contributed by atoms with Crippen LogP contribution in [0.3, 0.4) is 0 Å². The zero-order chi connectivity index (χ0) is 14.3. The molecule has 0 aliphatic heterocycles. The Morgan fingerprint density at radius 3 is 2.79 bits per heavy atom. The van der Waals surface area contributed by atoms with Crippen LogP contribution in [-0.2, 0) is 0 Å². The van der Waals surface area contributed by atoms with Crippen molar-refractivity contribution in [2.75, 3.05) is 33.8 Å². The lowest BCUT2D eigenvalue weighted by Gasteiger charge is -2.20. The van der Waals surface area contributed by atoms with Crippen LogP contribution < -0.4 is 10.1 Å². The highest BCUT2D eigenvalue weighted by Crippen LogP contribution is 2.17. The summed E-state index contributed by atoms with van der Waals surface area (Å²) in [5.74, 6) is 0.674. The van der Waals surface area contributed by atoms with Gasteiger partial charge in [0.15, 0.2) is 0 Å². The van der Waals surface area contributed by atoms with E-state index in [1.165, 1.54) is 0 Å². The highest BCUT2D eigenvalue weighted by atomic mass is 35.5. The van der Waals surface area contributed by atoms with Crippen LogP contribution in [0.5, 0.6) is 5.75 Å². The van der Waals surface area contributed by atoms with Gasteiger partial charge in [0.05, 0.1) is 0 Å². The quantitative estimate of drug-likeness (QED) is 0.762. The molecule has 2 N–H and O–H groups in total. The standard InChI is InChI=1S/C14H23ClN2O2/c1-11(9-17(2)3)16-8-13(18)10-19-14-6-4-5-12(15)7-14/h4-7,11,13,16,18H,8-10H2,1-3H3. The Bertz CT molecular complexity index is 374. The van der Waals surface area contributed by atoms with E-state index in [-0.39, 0.29) is 6.61 Å². The Morgan fingerprint density at radius 2 is 2.16 bits per heavy atom. The molecular weight excluding hydrogens is 264 g/mol. The van der Waals surface area contributed by atoms with Crippen molar-refractivity contribution < 1.29 is 9.84 Å². The molecule has 19 heavy (non-hydrogen) atoms. The predicted octanol–water partition coefficient (Wildman–Crippen LogP) is 1.62. The van der Waals surface area contributed by atoms with E-state index < -0.39 is 6.10 Å². The molecule has 0 aliphatic carbocycles. The normalized spacial score (nSPS) is 14.4. The third kappa shape index (κ3) is 7.38. The third-order valence-corrected chi connectivity index (χ3v) is 2.81. The van der Waals surface area contributed by atoms with Gasteiger partial charge >= 0.3 is 0 Å². The molecule has 4 nitrogen and oxygen atoms in total. The van der Waals surface area contributed by atoms with E-state index in [0.29, 0.717) is 23.4 Å². The molecule has 1 rings (SSSR count). The minimum atomic E-state index is -0.538. The molecule has 0 amide bonds. The first-order valence-corrected chi connectivity index (χ1v) is 6.79. The van der Waals surface area contributed by atoms with Gasteiger partial charge in [-0.15, -0.1) is 0 Å². The molecule has 0 aromatic heterocycles. The van der Waals surface area contributed by atoms with Crippen LogP contribution in [0.15, 0.2) is 24.3 Å². The Kier molecular flexibility index (Phi) is 7.16. The molecule has 0 fully saturated rings. The van der Waals surface area contributed by atoms with Gasteiger partial charge in [0.2, 0.25) is 0 Å². The van der Waals surface area contributed by atoms with Crippen molar-refractivity contribution in [3.8, 4) is 5.75 Å². The van der Waals surface area contributed by atoms with Crippen LogP contribution in [0, 0.1) is 0 Å². The van der Waals surface area contributed by atoms with Crippen molar-refractivity contribution in [2.24, 2.45) is 0 Å². The number of halogens is 1. The molecule has 0 aliphatic rings. The maximum Gasteiger partial charge on any atom is 0.120 e. The van der Waals surface area contributed by atoms with E-state index in [1.54, 1.807) is 12.1 Å². The van der Waals surface area contributed by atoms with Gasteiger partial charge in [0.25, 0.3) is 0 Å². The highest BCUT2D eigenvalue weighted by Gasteiger charge is 2.08. The van der Waals surface area contributed by atoms with Gasteiger partial charge in [-0.05, 0) is 39.2 Å². The van der Waals surface area contributed by atoms with Crippen molar-refractivity contribution in [3.63, 3.8) is 0 Å². The second-order valence-electron chi connectivity index (χ2n) is 4.99. The molecule has 0 spiro atoms. The van der Waals surface area contributed by atoms with E-state index in [2.05, 4.69) is 17.1 Å². The average Bonchev–Trinajstić information content (AvgIpc) is 2.33. The molecule has 0 saturated heterocycles. The SMILES string of the molecule is CC(CN(C)C)NCC(O)COc1cccc(Cl)c1. The smallest absolute Gasteiger partial charge is 0.120 e. The Hall–Kier alpha value is -0.810. The van der Waals surface area contributed by atoms with Gasteiger partial charge in [0.1, 0.15) is 18.5 Å². The molecule has 0 bridgehead atoms. The van der Waals surface area contributed by atoms with Gasteiger partial charge in [0, 0.05) is 24.2 Å². The maximum absolute atomic E-state index is 9.83. The second kappa shape index (κ2) is 8.38. The first-order chi connectivity index (χ1) is 8.97. The van der Waals surface area contributed by atoms with Crippen molar-refractivity contribution in [3.05, 3.63) is 29.3 Å². The molecule has 0 saturated carbocycles. The fraction of sp³-hybridized carbons (Fsp3) is 0.571. The van der Waals surface area contributed by atoms with E-state index in [4.69, 9.17) is 16.3 Å². The zero-order valence-corrected chi connectivity index (χ0v) is 12.5.